The fourth-order valence-electron chi connectivity index (χ4n) is 3.80. The van der Waals surface area contributed by atoms with Gasteiger partial charge in [0.25, 0.3) is 10.2 Å². The SMILES string of the molecule is O=S(=O)(NCc1cccc(CN2CCOCC2)c1)N1CCc2ccccc2C1. The second-order valence-corrected chi connectivity index (χ2v) is 9.14. The summed E-state index contributed by atoms with van der Waals surface area (Å²) in [5, 5.41) is 0. The normalized spacial score (nSPS) is 18.7. The van der Waals surface area contributed by atoms with Crippen LogP contribution in [0.2, 0.25) is 0 Å². The summed E-state index contributed by atoms with van der Waals surface area (Å²) in [5.41, 5.74) is 4.51. The number of benzene rings is 2. The maximum Gasteiger partial charge on any atom is 0.280 e. The Morgan fingerprint density at radius 1 is 0.929 bits per heavy atom. The second kappa shape index (κ2) is 8.71. The zero-order valence-corrected chi connectivity index (χ0v) is 16.8. The quantitative estimate of drug-likeness (QED) is 0.803. The van der Waals surface area contributed by atoms with Crippen LogP contribution < -0.4 is 4.72 Å². The van der Waals surface area contributed by atoms with Crippen LogP contribution in [-0.4, -0.2) is 50.5 Å². The lowest BCUT2D eigenvalue weighted by molar-refractivity contribution is 0.0342. The number of rotatable bonds is 6. The van der Waals surface area contributed by atoms with Crippen molar-refractivity contribution in [3.05, 3.63) is 70.8 Å². The number of fused-ring (bicyclic) bond motifs is 1. The lowest BCUT2D eigenvalue weighted by Gasteiger charge is -2.28. The molecule has 1 N–H and O–H groups in total. The number of nitrogens with zero attached hydrogens (tertiary/aromatic N) is 2. The number of ether oxygens (including phenoxy) is 1. The molecule has 2 heterocycles. The fraction of sp³-hybridized carbons (Fsp3) is 0.429. The van der Waals surface area contributed by atoms with Crippen LogP contribution in [0.5, 0.6) is 0 Å². The third kappa shape index (κ3) is 4.79. The standard InChI is InChI=1S/C21H27N3O3S/c25-28(26,24-9-8-20-6-1-2-7-21(20)17-24)22-15-18-4-3-5-19(14-18)16-23-10-12-27-13-11-23/h1-7,14,22H,8-13,15-17H2. The Balaban J connectivity index is 1.36. The van der Waals surface area contributed by atoms with E-state index in [2.05, 4.69) is 27.8 Å². The zero-order chi connectivity index (χ0) is 19.4. The fourth-order valence-corrected chi connectivity index (χ4v) is 4.97. The number of nitrogens with one attached hydrogen (secondary N) is 1. The summed E-state index contributed by atoms with van der Waals surface area (Å²) < 4.78 is 35.2. The molecular weight excluding hydrogens is 374 g/mol. The first-order valence-corrected chi connectivity index (χ1v) is 11.2. The van der Waals surface area contributed by atoms with Gasteiger partial charge in [-0.05, 0) is 28.7 Å². The van der Waals surface area contributed by atoms with Crippen molar-refractivity contribution in [3.63, 3.8) is 0 Å². The molecule has 2 aliphatic rings. The van der Waals surface area contributed by atoms with Gasteiger partial charge in [-0.3, -0.25) is 4.90 Å². The molecule has 0 aromatic heterocycles. The molecule has 2 aromatic rings. The van der Waals surface area contributed by atoms with E-state index in [1.54, 1.807) is 0 Å². The van der Waals surface area contributed by atoms with Crippen LogP contribution in [0.3, 0.4) is 0 Å². The van der Waals surface area contributed by atoms with Gasteiger partial charge >= 0.3 is 0 Å². The molecule has 4 rings (SSSR count). The van der Waals surface area contributed by atoms with Crippen molar-refractivity contribution in [1.29, 1.82) is 0 Å². The van der Waals surface area contributed by atoms with E-state index in [0.29, 0.717) is 19.6 Å². The molecule has 2 aliphatic heterocycles. The van der Waals surface area contributed by atoms with Crippen LogP contribution in [0.25, 0.3) is 0 Å². The van der Waals surface area contributed by atoms with Crippen LogP contribution in [-0.2, 0) is 41.0 Å². The summed E-state index contributed by atoms with van der Waals surface area (Å²) in [4.78, 5) is 2.36. The van der Waals surface area contributed by atoms with Gasteiger partial charge in [-0.1, -0.05) is 48.5 Å². The van der Waals surface area contributed by atoms with Gasteiger partial charge in [0.05, 0.1) is 13.2 Å². The average molecular weight is 402 g/mol. The van der Waals surface area contributed by atoms with Crippen LogP contribution in [0.4, 0.5) is 0 Å². The summed E-state index contributed by atoms with van der Waals surface area (Å²) in [5.74, 6) is 0. The lowest BCUT2D eigenvalue weighted by atomic mass is 10.0. The third-order valence-corrected chi connectivity index (χ3v) is 6.90. The zero-order valence-electron chi connectivity index (χ0n) is 16.0. The molecule has 0 spiro atoms. The van der Waals surface area contributed by atoms with Crippen molar-refractivity contribution in [2.75, 3.05) is 32.8 Å². The minimum Gasteiger partial charge on any atom is -0.379 e. The van der Waals surface area contributed by atoms with Gasteiger partial charge in [-0.25, -0.2) is 0 Å². The van der Waals surface area contributed by atoms with Crippen molar-refractivity contribution in [1.82, 2.24) is 13.9 Å². The predicted octanol–water partition coefficient (Wildman–Crippen LogP) is 1.91. The Labute approximate surface area is 167 Å². The minimum atomic E-state index is -3.51. The smallest absolute Gasteiger partial charge is 0.280 e. The van der Waals surface area contributed by atoms with Crippen LogP contribution in [0, 0.1) is 0 Å². The van der Waals surface area contributed by atoms with E-state index in [0.717, 1.165) is 50.4 Å². The van der Waals surface area contributed by atoms with E-state index in [1.165, 1.54) is 15.4 Å². The highest BCUT2D eigenvalue weighted by Gasteiger charge is 2.26. The monoisotopic (exact) mass is 401 g/mol. The van der Waals surface area contributed by atoms with Gasteiger partial charge in [0.15, 0.2) is 0 Å². The van der Waals surface area contributed by atoms with E-state index < -0.39 is 10.2 Å². The second-order valence-electron chi connectivity index (χ2n) is 7.39. The van der Waals surface area contributed by atoms with Crippen LogP contribution >= 0.6 is 0 Å². The van der Waals surface area contributed by atoms with E-state index in [-0.39, 0.29) is 0 Å². The van der Waals surface area contributed by atoms with Crippen molar-refractivity contribution in [2.45, 2.75) is 26.1 Å². The van der Waals surface area contributed by atoms with E-state index in [4.69, 9.17) is 4.74 Å². The summed E-state index contributed by atoms with van der Waals surface area (Å²) in [6.45, 7) is 5.55. The molecule has 150 valence electrons. The summed E-state index contributed by atoms with van der Waals surface area (Å²) >= 11 is 0. The Hall–Kier alpha value is -1.77. The maximum atomic E-state index is 12.8. The van der Waals surface area contributed by atoms with Crippen LogP contribution in [0.15, 0.2) is 48.5 Å². The average Bonchev–Trinajstić information content (AvgIpc) is 2.73. The van der Waals surface area contributed by atoms with Gasteiger partial charge in [0, 0.05) is 39.3 Å². The number of hydrogen-bond acceptors (Lipinski definition) is 4. The predicted molar refractivity (Wildman–Crippen MR) is 109 cm³/mol. The molecule has 0 amide bonds. The Bertz CT molecular complexity index is 911. The molecule has 0 saturated carbocycles. The highest BCUT2D eigenvalue weighted by molar-refractivity contribution is 7.87. The molecule has 0 bridgehead atoms. The van der Waals surface area contributed by atoms with Crippen molar-refractivity contribution in [3.8, 4) is 0 Å². The summed E-state index contributed by atoms with van der Waals surface area (Å²) in [6, 6.07) is 16.2. The largest absolute Gasteiger partial charge is 0.379 e. The Kier molecular flexibility index (Phi) is 6.08. The molecule has 0 unspecified atom stereocenters. The first-order valence-electron chi connectivity index (χ1n) is 9.80. The third-order valence-electron chi connectivity index (χ3n) is 5.40. The molecule has 0 aliphatic carbocycles. The molecule has 28 heavy (non-hydrogen) atoms. The van der Waals surface area contributed by atoms with Crippen LogP contribution in [0.1, 0.15) is 22.3 Å². The van der Waals surface area contributed by atoms with Gasteiger partial charge in [0.1, 0.15) is 0 Å². The maximum absolute atomic E-state index is 12.8. The van der Waals surface area contributed by atoms with E-state index in [1.807, 2.05) is 30.3 Å². The molecule has 1 fully saturated rings. The lowest BCUT2D eigenvalue weighted by Crippen LogP contribution is -2.43. The Morgan fingerprint density at radius 2 is 1.68 bits per heavy atom. The highest BCUT2D eigenvalue weighted by atomic mass is 32.2. The minimum absolute atomic E-state index is 0.303. The topological polar surface area (TPSA) is 61.9 Å². The molecule has 6 nitrogen and oxygen atoms in total. The summed E-state index contributed by atoms with van der Waals surface area (Å²) in [6.07, 6.45) is 0.756. The van der Waals surface area contributed by atoms with Gasteiger partial charge < -0.3 is 4.74 Å². The molecule has 0 atom stereocenters. The Morgan fingerprint density at radius 3 is 2.50 bits per heavy atom. The molecule has 7 heteroatoms. The molecule has 1 saturated heterocycles. The van der Waals surface area contributed by atoms with Gasteiger partial charge in [-0.2, -0.15) is 17.4 Å². The first kappa shape index (κ1) is 19.5. The number of hydrogen-bond donors (Lipinski definition) is 1. The molecule has 0 radical (unpaired) electrons. The number of morpholine rings is 1. The van der Waals surface area contributed by atoms with E-state index >= 15 is 0 Å². The highest BCUT2D eigenvalue weighted by Crippen LogP contribution is 2.20. The molecule has 2 aromatic carbocycles. The van der Waals surface area contributed by atoms with Gasteiger partial charge in [-0.15, -0.1) is 0 Å². The van der Waals surface area contributed by atoms with Crippen molar-refractivity contribution in [2.24, 2.45) is 0 Å². The first-order chi connectivity index (χ1) is 13.6. The summed E-state index contributed by atoms with van der Waals surface area (Å²) in [7, 11) is -3.51. The van der Waals surface area contributed by atoms with Crippen molar-refractivity contribution < 1.29 is 13.2 Å². The van der Waals surface area contributed by atoms with Gasteiger partial charge in [0.2, 0.25) is 0 Å². The van der Waals surface area contributed by atoms with E-state index in [9.17, 15) is 8.42 Å². The van der Waals surface area contributed by atoms with Crippen molar-refractivity contribution >= 4 is 10.2 Å². The molecular formula is C21H27N3O3S.